The fourth-order valence-corrected chi connectivity index (χ4v) is 2.93. The van der Waals surface area contributed by atoms with Gasteiger partial charge in [0.1, 0.15) is 12.4 Å². The zero-order valence-electron chi connectivity index (χ0n) is 12.7. The lowest BCUT2D eigenvalue weighted by Crippen LogP contribution is -2.01. The van der Waals surface area contributed by atoms with E-state index in [1.807, 2.05) is 14.0 Å². The van der Waals surface area contributed by atoms with E-state index in [1.165, 1.54) is 11.1 Å². The number of alkyl halides is 1. The monoisotopic (exact) mass is 294 g/mol. The second kappa shape index (κ2) is 6.59. The highest BCUT2D eigenvalue weighted by atomic mass is 35.5. The van der Waals surface area contributed by atoms with Gasteiger partial charge in [-0.2, -0.15) is 0 Å². The van der Waals surface area contributed by atoms with E-state index in [-0.39, 0.29) is 5.38 Å². The Kier molecular flexibility index (Phi) is 5.06. The molecule has 20 heavy (non-hydrogen) atoms. The quantitative estimate of drug-likeness (QED) is 0.734. The molecule has 110 valence electrons. The molecule has 0 aliphatic heterocycles. The first kappa shape index (κ1) is 15.3. The number of rotatable bonds is 6. The first-order valence-corrected chi connectivity index (χ1v) is 7.69. The van der Waals surface area contributed by atoms with E-state index in [4.69, 9.17) is 16.3 Å². The summed E-state index contributed by atoms with van der Waals surface area (Å²) in [5.41, 5.74) is 4.57. The normalized spacial score (nSPS) is 13.1. The largest absolute Gasteiger partial charge is 0.374 e. The number of benzene rings is 1. The number of fused-ring (bicyclic) bond motifs is 1. The Bertz CT molecular complexity index is 592. The molecule has 3 nitrogen and oxygen atoms in total. The molecule has 0 spiro atoms. The number of hydrogen-bond acceptors (Lipinski definition) is 2. The minimum absolute atomic E-state index is 0.0711. The van der Waals surface area contributed by atoms with Crippen molar-refractivity contribution in [3.8, 4) is 0 Å². The lowest BCUT2D eigenvalue weighted by Gasteiger charge is -2.12. The molecule has 0 amide bonds. The van der Waals surface area contributed by atoms with Crippen LogP contribution in [0, 0.1) is 6.92 Å². The zero-order chi connectivity index (χ0) is 14.7. The third kappa shape index (κ3) is 2.99. The Balaban J connectivity index is 2.43. The van der Waals surface area contributed by atoms with Gasteiger partial charge in [0.05, 0.1) is 16.4 Å². The SMILES string of the molecule is CCCC(Cl)c1cc2nc(COCC)n(C)c2cc1C. The third-order valence-corrected chi connectivity index (χ3v) is 4.13. The highest BCUT2D eigenvalue weighted by Crippen LogP contribution is 2.31. The molecule has 0 aliphatic carbocycles. The van der Waals surface area contributed by atoms with Crippen LogP contribution in [0.1, 0.15) is 49.0 Å². The molecular formula is C16H23ClN2O. The van der Waals surface area contributed by atoms with E-state index in [0.717, 1.165) is 29.7 Å². The predicted molar refractivity (Wildman–Crippen MR) is 84.3 cm³/mol. The minimum Gasteiger partial charge on any atom is -0.374 e. The zero-order valence-corrected chi connectivity index (χ0v) is 13.5. The summed E-state index contributed by atoms with van der Waals surface area (Å²) < 4.78 is 7.57. The van der Waals surface area contributed by atoms with Gasteiger partial charge in [0, 0.05) is 13.7 Å². The van der Waals surface area contributed by atoms with Crippen LogP contribution in [0.15, 0.2) is 12.1 Å². The molecule has 2 rings (SSSR count). The maximum absolute atomic E-state index is 6.48. The number of aryl methyl sites for hydroxylation is 2. The summed E-state index contributed by atoms with van der Waals surface area (Å²) in [5.74, 6) is 0.958. The van der Waals surface area contributed by atoms with Crippen molar-refractivity contribution < 1.29 is 4.74 Å². The van der Waals surface area contributed by atoms with E-state index in [0.29, 0.717) is 13.2 Å². The van der Waals surface area contributed by atoms with Crippen LogP contribution >= 0.6 is 11.6 Å². The van der Waals surface area contributed by atoms with E-state index in [1.54, 1.807) is 0 Å². The van der Waals surface area contributed by atoms with Gasteiger partial charge < -0.3 is 9.30 Å². The van der Waals surface area contributed by atoms with Crippen LogP contribution in [-0.4, -0.2) is 16.2 Å². The molecule has 1 unspecified atom stereocenters. The first-order chi connectivity index (χ1) is 9.58. The molecule has 0 saturated carbocycles. The van der Waals surface area contributed by atoms with E-state index < -0.39 is 0 Å². The Labute approximate surface area is 125 Å². The summed E-state index contributed by atoms with van der Waals surface area (Å²) >= 11 is 6.48. The smallest absolute Gasteiger partial charge is 0.135 e. The first-order valence-electron chi connectivity index (χ1n) is 7.26. The van der Waals surface area contributed by atoms with Crippen molar-refractivity contribution in [1.82, 2.24) is 9.55 Å². The van der Waals surface area contributed by atoms with Crippen molar-refractivity contribution in [3.63, 3.8) is 0 Å². The molecule has 1 atom stereocenters. The summed E-state index contributed by atoms with van der Waals surface area (Å²) in [6.07, 6.45) is 2.08. The van der Waals surface area contributed by atoms with Crippen LogP contribution in [0.3, 0.4) is 0 Å². The Morgan fingerprint density at radius 1 is 1.35 bits per heavy atom. The Hall–Kier alpha value is -1.06. The van der Waals surface area contributed by atoms with E-state index in [9.17, 15) is 0 Å². The van der Waals surface area contributed by atoms with Crippen LogP contribution in [0.4, 0.5) is 0 Å². The Morgan fingerprint density at radius 2 is 2.10 bits per heavy atom. The maximum Gasteiger partial charge on any atom is 0.135 e. The third-order valence-electron chi connectivity index (χ3n) is 3.68. The van der Waals surface area contributed by atoms with Crippen molar-refractivity contribution in [2.24, 2.45) is 7.05 Å². The second-order valence-electron chi connectivity index (χ2n) is 5.18. The summed E-state index contributed by atoms with van der Waals surface area (Å²) in [7, 11) is 2.03. The summed E-state index contributed by atoms with van der Waals surface area (Å²) in [6, 6.07) is 4.31. The van der Waals surface area contributed by atoms with Gasteiger partial charge in [0.15, 0.2) is 0 Å². The van der Waals surface area contributed by atoms with Crippen molar-refractivity contribution in [2.45, 2.75) is 45.6 Å². The second-order valence-corrected chi connectivity index (χ2v) is 5.70. The van der Waals surface area contributed by atoms with E-state index in [2.05, 4.69) is 35.5 Å². The average Bonchev–Trinajstić information content (AvgIpc) is 2.72. The van der Waals surface area contributed by atoms with Crippen LogP contribution < -0.4 is 0 Å². The maximum atomic E-state index is 6.48. The summed E-state index contributed by atoms with van der Waals surface area (Å²) in [6.45, 7) is 7.52. The lowest BCUT2D eigenvalue weighted by molar-refractivity contribution is 0.126. The number of hydrogen-bond donors (Lipinski definition) is 0. The number of nitrogens with zero attached hydrogens (tertiary/aromatic N) is 2. The topological polar surface area (TPSA) is 27.1 Å². The minimum atomic E-state index is 0.0711. The molecule has 0 saturated heterocycles. The van der Waals surface area contributed by atoms with Crippen LogP contribution in [0.5, 0.6) is 0 Å². The molecule has 1 heterocycles. The molecule has 0 fully saturated rings. The van der Waals surface area contributed by atoms with Gasteiger partial charge in [-0.05, 0) is 43.5 Å². The van der Waals surface area contributed by atoms with Crippen LogP contribution in [0.25, 0.3) is 11.0 Å². The molecular weight excluding hydrogens is 272 g/mol. The van der Waals surface area contributed by atoms with Crippen molar-refractivity contribution >= 4 is 22.6 Å². The molecule has 1 aromatic carbocycles. The van der Waals surface area contributed by atoms with Gasteiger partial charge >= 0.3 is 0 Å². The highest BCUT2D eigenvalue weighted by molar-refractivity contribution is 6.21. The lowest BCUT2D eigenvalue weighted by atomic mass is 10.0. The molecule has 0 radical (unpaired) electrons. The highest BCUT2D eigenvalue weighted by Gasteiger charge is 2.14. The summed E-state index contributed by atoms with van der Waals surface area (Å²) in [5, 5.41) is 0.0711. The van der Waals surface area contributed by atoms with Crippen LogP contribution in [-0.2, 0) is 18.4 Å². The number of imidazole rings is 1. The number of halogens is 1. The van der Waals surface area contributed by atoms with Crippen molar-refractivity contribution in [2.75, 3.05) is 6.61 Å². The van der Waals surface area contributed by atoms with Gasteiger partial charge in [0.2, 0.25) is 0 Å². The van der Waals surface area contributed by atoms with Crippen molar-refractivity contribution in [1.29, 1.82) is 0 Å². The van der Waals surface area contributed by atoms with Gasteiger partial charge in [0.25, 0.3) is 0 Å². The Morgan fingerprint density at radius 3 is 2.75 bits per heavy atom. The van der Waals surface area contributed by atoms with Gasteiger partial charge in [-0.3, -0.25) is 0 Å². The molecule has 0 aliphatic rings. The number of ether oxygens (including phenoxy) is 1. The summed E-state index contributed by atoms with van der Waals surface area (Å²) in [4.78, 5) is 4.67. The van der Waals surface area contributed by atoms with Gasteiger partial charge in [-0.1, -0.05) is 13.3 Å². The van der Waals surface area contributed by atoms with E-state index >= 15 is 0 Å². The van der Waals surface area contributed by atoms with Crippen molar-refractivity contribution in [3.05, 3.63) is 29.1 Å². The van der Waals surface area contributed by atoms with Crippen LogP contribution in [0.2, 0.25) is 0 Å². The fourth-order valence-electron chi connectivity index (χ4n) is 2.48. The predicted octanol–water partition coefficient (Wildman–Crippen LogP) is 4.50. The van der Waals surface area contributed by atoms with Gasteiger partial charge in [-0.25, -0.2) is 4.98 Å². The fraction of sp³-hybridized carbons (Fsp3) is 0.562. The van der Waals surface area contributed by atoms with Gasteiger partial charge in [-0.15, -0.1) is 11.6 Å². The molecule has 1 aromatic heterocycles. The molecule has 0 N–H and O–H groups in total. The molecule has 2 aromatic rings. The molecule has 4 heteroatoms. The molecule has 0 bridgehead atoms. The number of aromatic nitrogens is 2. The standard InChI is InChI=1S/C16H23ClN2O/c1-5-7-13(17)12-9-14-15(8-11(12)3)19(4)16(18-14)10-20-6-2/h8-9,13H,5-7,10H2,1-4H3. The average molecular weight is 295 g/mol.